The van der Waals surface area contributed by atoms with Crippen LogP contribution in [0.2, 0.25) is 5.02 Å². The molecule has 3 aliphatic rings. The first kappa shape index (κ1) is 21.4. The summed E-state index contributed by atoms with van der Waals surface area (Å²) in [6.07, 6.45) is -0.968. The van der Waals surface area contributed by atoms with Crippen LogP contribution < -0.4 is 4.90 Å². The van der Waals surface area contributed by atoms with E-state index in [1.807, 2.05) is 0 Å². The van der Waals surface area contributed by atoms with Crippen LogP contribution in [-0.4, -0.2) is 29.0 Å². The van der Waals surface area contributed by atoms with Gasteiger partial charge < -0.3 is 4.74 Å². The van der Waals surface area contributed by atoms with Crippen molar-refractivity contribution in [3.8, 4) is 0 Å². The van der Waals surface area contributed by atoms with Crippen molar-refractivity contribution >= 4 is 56.6 Å². The van der Waals surface area contributed by atoms with Gasteiger partial charge >= 0.3 is 0 Å². The molecule has 8 heteroatoms. The van der Waals surface area contributed by atoms with E-state index in [9.17, 15) is 19.2 Å². The standard InChI is InChI=1S/C26H15BrClNO5/c27-14-11-9-13(10-12-14)21-19-20(25(33)29(24(19)32)18-8-4-3-7-17(18)28)26(34-21)22(30)15-5-1-2-6-16(15)23(26)31/h1-12,19-21H/t19-,20+,21+/m0/s1. The third-order valence-electron chi connectivity index (χ3n) is 6.81. The Hall–Kier alpha value is -3.13. The summed E-state index contributed by atoms with van der Waals surface area (Å²) in [6.45, 7) is 0. The van der Waals surface area contributed by atoms with Gasteiger partial charge in [-0.3, -0.25) is 19.2 Å². The van der Waals surface area contributed by atoms with Crippen molar-refractivity contribution < 1.29 is 23.9 Å². The number of anilines is 1. The van der Waals surface area contributed by atoms with Crippen LogP contribution in [0.5, 0.6) is 0 Å². The molecule has 0 bridgehead atoms. The topological polar surface area (TPSA) is 80.8 Å². The second-order valence-electron chi connectivity index (χ2n) is 8.50. The summed E-state index contributed by atoms with van der Waals surface area (Å²) in [7, 11) is 0. The van der Waals surface area contributed by atoms with E-state index in [4.69, 9.17) is 16.3 Å². The monoisotopic (exact) mass is 535 g/mol. The van der Waals surface area contributed by atoms with Gasteiger partial charge in [0.15, 0.2) is 0 Å². The number of hydrogen-bond donors (Lipinski definition) is 0. The first-order chi connectivity index (χ1) is 16.4. The molecule has 34 heavy (non-hydrogen) atoms. The van der Waals surface area contributed by atoms with Gasteiger partial charge in [0.05, 0.1) is 28.6 Å². The predicted octanol–water partition coefficient (Wildman–Crippen LogP) is 4.80. The number of ether oxygens (including phenoxy) is 1. The molecular weight excluding hydrogens is 522 g/mol. The van der Waals surface area contributed by atoms with E-state index in [0.717, 1.165) is 9.37 Å². The summed E-state index contributed by atoms with van der Waals surface area (Å²) in [5.41, 5.74) is -0.907. The van der Waals surface area contributed by atoms with Gasteiger partial charge in [-0.15, -0.1) is 0 Å². The molecule has 2 aliphatic heterocycles. The number of amides is 2. The van der Waals surface area contributed by atoms with Crippen LogP contribution >= 0.6 is 27.5 Å². The van der Waals surface area contributed by atoms with Crippen LogP contribution in [-0.2, 0) is 14.3 Å². The minimum Gasteiger partial charge on any atom is -0.349 e. The largest absolute Gasteiger partial charge is 0.349 e. The molecule has 0 N–H and O–H groups in total. The lowest BCUT2D eigenvalue weighted by molar-refractivity contribution is -0.127. The van der Waals surface area contributed by atoms with E-state index in [1.54, 1.807) is 72.8 Å². The van der Waals surface area contributed by atoms with Crippen LogP contribution in [0.25, 0.3) is 0 Å². The highest BCUT2D eigenvalue weighted by Crippen LogP contribution is 2.58. The molecule has 3 atom stereocenters. The summed E-state index contributed by atoms with van der Waals surface area (Å²) in [5.74, 6) is -4.78. The zero-order valence-corrected chi connectivity index (χ0v) is 19.7. The highest BCUT2D eigenvalue weighted by molar-refractivity contribution is 9.10. The molecule has 6 nitrogen and oxygen atoms in total. The Bertz CT molecular complexity index is 1380. The number of halogens is 2. The fourth-order valence-corrected chi connectivity index (χ4v) is 5.83. The molecule has 2 amide bonds. The molecule has 3 aromatic carbocycles. The molecule has 1 spiro atoms. The second-order valence-corrected chi connectivity index (χ2v) is 9.82. The minimum absolute atomic E-state index is 0.194. The first-order valence-electron chi connectivity index (χ1n) is 10.6. The zero-order chi connectivity index (χ0) is 23.8. The third-order valence-corrected chi connectivity index (χ3v) is 7.66. The molecule has 3 aromatic rings. The second kappa shape index (κ2) is 7.43. The number of para-hydroxylation sites is 1. The maximum Gasteiger partial charge on any atom is 0.241 e. The number of benzene rings is 3. The number of Topliss-reactive ketones (excluding diaryl/α,β-unsaturated/α-hetero) is 2. The minimum atomic E-state index is -2.10. The normalized spacial score (nSPS) is 24.8. The number of rotatable bonds is 2. The van der Waals surface area contributed by atoms with Gasteiger partial charge in [-0.05, 0) is 29.8 Å². The Labute approximate surface area is 207 Å². The zero-order valence-electron chi connectivity index (χ0n) is 17.4. The number of carbonyl (C=O) groups is 4. The van der Waals surface area contributed by atoms with Gasteiger partial charge in [0.1, 0.15) is 0 Å². The van der Waals surface area contributed by atoms with Gasteiger partial charge in [0.25, 0.3) is 0 Å². The summed E-state index contributed by atoms with van der Waals surface area (Å²) in [6, 6.07) is 19.9. The Balaban J connectivity index is 1.56. The fraction of sp³-hybridized carbons (Fsp3) is 0.154. The number of fused-ring (bicyclic) bond motifs is 3. The summed E-state index contributed by atoms with van der Waals surface area (Å²) < 4.78 is 7.06. The number of hydrogen-bond acceptors (Lipinski definition) is 5. The highest BCUT2D eigenvalue weighted by Gasteiger charge is 2.74. The van der Waals surface area contributed by atoms with E-state index in [2.05, 4.69) is 15.9 Å². The summed E-state index contributed by atoms with van der Waals surface area (Å²) >= 11 is 9.71. The number of carbonyl (C=O) groups excluding carboxylic acids is 4. The van der Waals surface area contributed by atoms with Crippen LogP contribution in [0, 0.1) is 11.8 Å². The Morgan fingerprint density at radius 1 is 0.794 bits per heavy atom. The lowest BCUT2D eigenvalue weighted by Crippen LogP contribution is -2.51. The lowest BCUT2D eigenvalue weighted by Gasteiger charge is -2.27. The molecular formula is C26H15BrClNO5. The predicted molar refractivity (Wildman–Crippen MR) is 127 cm³/mol. The van der Waals surface area contributed by atoms with Crippen LogP contribution in [0.15, 0.2) is 77.3 Å². The average molecular weight is 537 g/mol. The molecule has 0 radical (unpaired) electrons. The highest BCUT2D eigenvalue weighted by atomic mass is 79.9. The van der Waals surface area contributed by atoms with Crippen LogP contribution in [0.3, 0.4) is 0 Å². The lowest BCUT2D eigenvalue weighted by atomic mass is 9.77. The van der Waals surface area contributed by atoms with Crippen LogP contribution in [0.4, 0.5) is 5.69 Å². The van der Waals surface area contributed by atoms with Crippen molar-refractivity contribution in [2.24, 2.45) is 11.8 Å². The summed E-state index contributed by atoms with van der Waals surface area (Å²) in [5, 5.41) is 0.215. The molecule has 0 aromatic heterocycles. The Morgan fingerprint density at radius 3 is 2.00 bits per heavy atom. The number of ketones is 2. The van der Waals surface area contributed by atoms with Crippen molar-refractivity contribution in [3.63, 3.8) is 0 Å². The Morgan fingerprint density at radius 2 is 1.38 bits per heavy atom. The van der Waals surface area contributed by atoms with Crippen molar-refractivity contribution in [1.82, 2.24) is 0 Å². The average Bonchev–Trinajstić information content (AvgIpc) is 3.40. The van der Waals surface area contributed by atoms with Gasteiger partial charge in [0, 0.05) is 15.6 Å². The number of nitrogens with zero attached hydrogens (tertiary/aromatic N) is 1. The van der Waals surface area contributed by atoms with E-state index in [1.165, 1.54) is 0 Å². The third kappa shape index (κ3) is 2.66. The smallest absolute Gasteiger partial charge is 0.241 e. The van der Waals surface area contributed by atoms with Gasteiger partial charge in [0.2, 0.25) is 29.0 Å². The molecule has 0 saturated carbocycles. The van der Waals surface area contributed by atoms with E-state index >= 15 is 0 Å². The maximum atomic E-state index is 13.8. The van der Waals surface area contributed by atoms with Gasteiger partial charge in [-0.1, -0.05) is 76.1 Å². The van der Waals surface area contributed by atoms with E-state index < -0.39 is 46.9 Å². The molecule has 2 saturated heterocycles. The quantitative estimate of drug-likeness (QED) is 0.347. The fourth-order valence-electron chi connectivity index (χ4n) is 5.34. The van der Waals surface area contributed by atoms with Gasteiger partial charge in [-0.2, -0.15) is 0 Å². The number of imide groups is 1. The maximum absolute atomic E-state index is 13.8. The Kier molecular flexibility index (Phi) is 4.68. The van der Waals surface area contributed by atoms with Crippen molar-refractivity contribution in [3.05, 3.63) is 99.0 Å². The molecule has 2 heterocycles. The summed E-state index contributed by atoms with van der Waals surface area (Å²) in [4.78, 5) is 56.0. The molecule has 1 aliphatic carbocycles. The van der Waals surface area contributed by atoms with E-state index in [-0.39, 0.29) is 21.8 Å². The van der Waals surface area contributed by atoms with Crippen molar-refractivity contribution in [2.75, 3.05) is 4.90 Å². The van der Waals surface area contributed by atoms with Gasteiger partial charge in [-0.25, -0.2) is 4.90 Å². The molecule has 0 unspecified atom stereocenters. The van der Waals surface area contributed by atoms with Crippen molar-refractivity contribution in [2.45, 2.75) is 11.7 Å². The first-order valence-corrected chi connectivity index (χ1v) is 11.8. The molecule has 168 valence electrons. The molecule has 2 fully saturated rings. The van der Waals surface area contributed by atoms with Crippen molar-refractivity contribution in [1.29, 1.82) is 0 Å². The molecule has 6 rings (SSSR count). The SMILES string of the molecule is O=C1[C@@H]2[C@@H](c3ccc(Br)cc3)OC3(C(=O)c4ccccc4C3=O)[C@H]2C(=O)N1c1ccccc1Cl. The van der Waals surface area contributed by atoms with E-state index in [0.29, 0.717) is 5.56 Å². The van der Waals surface area contributed by atoms with Crippen LogP contribution in [0.1, 0.15) is 32.4 Å².